The topological polar surface area (TPSA) is 59.9 Å². The molecule has 0 spiro atoms. The summed E-state index contributed by atoms with van der Waals surface area (Å²) >= 11 is 0. The number of carbonyl (C=O) groups is 1. The van der Waals surface area contributed by atoms with Crippen molar-refractivity contribution >= 4 is 11.6 Å². The molecular formula is C21H26N2O3. The Morgan fingerprint density at radius 3 is 2.35 bits per heavy atom. The molecule has 5 nitrogen and oxygen atoms in total. The van der Waals surface area contributed by atoms with Gasteiger partial charge in [0.05, 0.1) is 5.71 Å². The molecular weight excluding hydrogens is 328 g/mol. The largest absolute Gasteiger partial charge is 0.489 e. The minimum atomic E-state index is -0.184. The fraction of sp³-hybridized carbons (Fsp3) is 0.333. The Bertz CT molecular complexity index is 735. The van der Waals surface area contributed by atoms with Gasteiger partial charge in [-0.1, -0.05) is 35.0 Å². The van der Waals surface area contributed by atoms with Crippen molar-refractivity contribution in [2.45, 2.75) is 40.3 Å². The van der Waals surface area contributed by atoms with Crippen molar-refractivity contribution < 1.29 is 14.4 Å². The van der Waals surface area contributed by atoms with Crippen molar-refractivity contribution in [2.24, 2.45) is 5.16 Å². The van der Waals surface area contributed by atoms with Crippen LogP contribution in [-0.2, 0) is 16.2 Å². The number of benzene rings is 2. The first-order valence-corrected chi connectivity index (χ1v) is 8.68. The predicted molar refractivity (Wildman–Crippen MR) is 103 cm³/mol. The molecule has 0 fully saturated rings. The average Bonchev–Trinajstić information content (AvgIpc) is 2.61. The van der Waals surface area contributed by atoms with Crippen molar-refractivity contribution in [3.05, 3.63) is 65.2 Å². The molecule has 0 radical (unpaired) electrons. The maximum absolute atomic E-state index is 11.5. The quantitative estimate of drug-likeness (QED) is 0.579. The number of carbonyl (C=O) groups excluding carboxylic acids is 1. The van der Waals surface area contributed by atoms with Gasteiger partial charge in [0.1, 0.15) is 12.4 Å². The number of nitrogens with zero attached hydrogens (tertiary/aromatic N) is 1. The molecule has 2 aromatic rings. The summed E-state index contributed by atoms with van der Waals surface area (Å²) in [6.45, 7) is 8.13. The summed E-state index contributed by atoms with van der Waals surface area (Å²) in [5.41, 5.74) is 3.98. The van der Waals surface area contributed by atoms with Gasteiger partial charge in [0.15, 0.2) is 6.61 Å². The first-order chi connectivity index (χ1) is 12.4. The van der Waals surface area contributed by atoms with Crippen LogP contribution in [0.15, 0.2) is 53.7 Å². The van der Waals surface area contributed by atoms with Crippen LogP contribution in [0, 0.1) is 6.92 Å². The Balaban J connectivity index is 1.84. The first-order valence-electron chi connectivity index (χ1n) is 8.68. The monoisotopic (exact) mass is 354 g/mol. The van der Waals surface area contributed by atoms with Gasteiger partial charge in [0, 0.05) is 6.04 Å². The molecule has 5 heteroatoms. The Hall–Kier alpha value is -2.82. The van der Waals surface area contributed by atoms with Crippen LogP contribution < -0.4 is 10.1 Å². The minimum Gasteiger partial charge on any atom is -0.489 e. The summed E-state index contributed by atoms with van der Waals surface area (Å²) in [5.74, 6) is 0.607. The zero-order valence-electron chi connectivity index (χ0n) is 15.8. The lowest BCUT2D eigenvalue weighted by Gasteiger charge is -2.08. The van der Waals surface area contributed by atoms with Gasteiger partial charge in [-0.15, -0.1) is 0 Å². The van der Waals surface area contributed by atoms with Crippen molar-refractivity contribution in [3.8, 4) is 5.75 Å². The maximum Gasteiger partial charge on any atom is 0.260 e. The molecule has 0 saturated carbocycles. The van der Waals surface area contributed by atoms with Crippen molar-refractivity contribution in [3.63, 3.8) is 0 Å². The lowest BCUT2D eigenvalue weighted by molar-refractivity contribution is -0.126. The summed E-state index contributed by atoms with van der Waals surface area (Å²) in [4.78, 5) is 16.6. The molecule has 0 aliphatic rings. The van der Waals surface area contributed by atoms with E-state index in [0.717, 1.165) is 16.9 Å². The third-order valence-electron chi connectivity index (χ3n) is 3.64. The SMILES string of the molecule is CC(=NOCC(=O)NC(C)C)c1ccc(OCc2ccc(C)cc2)cc1. The van der Waals surface area contributed by atoms with E-state index in [1.54, 1.807) is 0 Å². The lowest BCUT2D eigenvalue weighted by atomic mass is 10.1. The molecule has 26 heavy (non-hydrogen) atoms. The molecule has 2 aromatic carbocycles. The van der Waals surface area contributed by atoms with Gasteiger partial charge in [-0.3, -0.25) is 4.79 Å². The van der Waals surface area contributed by atoms with Crippen LogP contribution in [0.2, 0.25) is 0 Å². The summed E-state index contributed by atoms with van der Waals surface area (Å²) in [5, 5.41) is 6.73. The van der Waals surface area contributed by atoms with E-state index in [1.165, 1.54) is 5.56 Å². The average molecular weight is 354 g/mol. The lowest BCUT2D eigenvalue weighted by Crippen LogP contribution is -2.32. The number of aryl methyl sites for hydroxylation is 1. The maximum atomic E-state index is 11.5. The number of rotatable bonds is 8. The molecule has 0 heterocycles. The Morgan fingerprint density at radius 2 is 1.73 bits per heavy atom. The van der Waals surface area contributed by atoms with Gasteiger partial charge in [-0.05, 0) is 63.1 Å². The molecule has 0 atom stereocenters. The van der Waals surface area contributed by atoms with Crippen LogP contribution >= 0.6 is 0 Å². The number of amides is 1. The molecule has 0 saturated heterocycles. The summed E-state index contributed by atoms with van der Waals surface area (Å²) in [6, 6.07) is 16.0. The molecule has 0 aromatic heterocycles. The fourth-order valence-corrected chi connectivity index (χ4v) is 2.25. The van der Waals surface area contributed by atoms with Crippen LogP contribution in [0.4, 0.5) is 0 Å². The van der Waals surface area contributed by atoms with E-state index >= 15 is 0 Å². The zero-order valence-corrected chi connectivity index (χ0v) is 15.8. The summed E-state index contributed by atoms with van der Waals surface area (Å²) in [6.07, 6.45) is 0. The van der Waals surface area contributed by atoms with Crippen molar-refractivity contribution in [1.29, 1.82) is 0 Å². The Morgan fingerprint density at radius 1 is 1.08 bits per heavy atom. The molecule has 0 aliphatic carbocycles. The van der Waals surface area contributed by atoms with E-state index in [-0.39, 0.29) is 18.6 Å². The molecule has 2 rings (SSSR count). The van der Waals surface area contributed by atoms with E-state index in [9.17, 15) is 4.79 Å². The second-order valence-electron chi connectivity index (χ2n) is 6.47. The summed E-state index contributed by atoms with van der Waals surface area (Å²) < 4.78 is 5.79. The number of hydrogen-bond donors (Lipinski definition) is 1. The smallest absolute Gasteiger partial charge is 0.260 e. The van der Waals surface area contributed by atoms with Gasteiger partial charge in [-0.25, -0.2) is 0 Å². The van der Waals surface area contributed by atoms with Crippen molar-refractivity contribution in [1.82, 2.24) is 5.32 Å². The van der Waals surface area contributed by atoms with Crippen LogP contribution in [-0.4, -0.2) is 24.3 Å². The molecule has 138 valence electrons. The van der Waals surface area contributed by atoms with E-state index in [0.29, 0.717) is 12.3 Å². The molecule has 1 amide bonds. The van der Waals surface area contributed by atoms with Gasteiger partial charge in [0.2, 0.25) is 0 Å². The van der Waals surface area contributed by atoms with Gasteiger partial charge < -0.3 is 14.9 Å². The van der Waals surface area contributed by atoms with Gasteiger partial charge >= 0.3 is 0 Å². The van der Waals surface area contributed by atoms with E-state index in [4.69, 9.17) is 9.57 Å². The van der Waals surface area contributed by atoms with Gasteiger partial charge in [0.25, 0.3) is 5.91 Å². The highest BCUT2D eigenvalue weighted by atomic mass is 16.6. The molecule has 0 unspecified atom stereocenters. The standard InChI is InChI=1S/C21H26N2O3/c1-15(2)22-21(24)14-26-23-17(4)19-9-11-20(12-10-19)25-13-18-7-5-16(3)6-8-18/h5-12,15H,13-14H2,1-4H3,(H,22,24). The number of oxime groups is 1. The summed E-state index contributed by atoms with van der Waals surface area (Å²) in [7, 11) is 0. The van der Waals surface area contributed by atoms with Crippen LogP contribution in [0.5, 0.6) is 5.75 Å². The normalized spacial score (nSPS) is 11.3. The zero-order chi connectivity index (χ0) is 18.9. The van der Waals surface area contributed by atoms with Crippen molar-refractivity contribution in [2.75, 3.05) is 6.61 Å². The van der Waals surface area contributed by atoms with E-state index < -0.39 is 0 Å². The number of ether oxygens (including phenoxy) is 1. The molecule has 0 bridgehead atoms. The van der Waals surface area contributed by atoms with E-state index in [2.05, 4.69) is 41.7 Å². The van der Waals surface area contributed by atoms with Crippen LogP contribution in [0.3, 0.4) is 0 Å². The van der Waals surface area contributed by atoms with E-state index in [1.807, 2.05) is 45.0 Å². The number of nitrogens with one attached hydrogen (secondary N) is 1. The second-order valence-corrected chi connectivity index (χ2v) is 6.47. The highest BCUT2D eigenvalue weighted by Gasteiger charge is 2.04. The molecule has 1 N–H and O–H groups in total. The minimum absolute atomic E-state index is 0.0867. The third kappa shape index (κ3) is 6.59. The predicted octanol–water partition coefficient (Wildman–Crippen LogP) is 3.84. The third-order valence-corrected chi connectivity index (χ3v) is 3.64. The highest BCUT2D eigenvalue weighted by molar-refractivity contribution is 5.98. The fourth-order valence-electron chi connectivity index (χ4n) is 2.25. The second kappa shape index (κ2) is 9.61. The highest BCUT2D eigenvalue weighted by Crippen LogP contribution is 2.15. The number of hydrogen-bond acceptors (Lipinski definition) is 4. The van der Waals surface area contributed by atoms with Crippen LogP contribution in [0.1, 0.15) is 37.5 Å². The van der Waals surface area contributed by atoms with Crippen LogP contribution in [0.25, 0.3) is 0 Å². The first kappa shape index (κ1) is 19.5. The Kier molecular flexibility index (Phi) is 7.21. The van der Waals surface area contributed by atoms with Gasteiger partial charge in [-0.2, -0.15) is 0 Å². The Labute approximate surface area is 155 Å². The molecule has 0 aliphatic heterocycles.